The molecule has 10 heteroatoms. The Hall–Kier alpha value is -4.08. The molecule has 2 amide bonds. The minimum Gasteiger partial charge on any atom is -0.497 e. The lowest BCUT2D eigenvalue weighted by Gasteiger charge is -2.25. The van der Waals surface area contributed by atoms with E-state index in [0.717, 1.165) is 17.4 Å². The van der Waals surface area contributed by atoms with Crippen LogP contribution in [0.3, 0.4) is 0 Å². The lowest BCUT2D eigenvalue weighted by atomic mass is 10.1. The molecule has 0 spiro atoms. The van der Waals surface area contributed by atoms with Crippen LogP contribution in [0.15, 0.2) is 54.6 Å². The second kappa shape index (κ2) is 11.2. The van der Waals surface area contributed by atoms with E-state index >= 15 is 0 Å². The fourth-order valence-electron chi connectivity index (χ4n) is 5.55. The van der Waals surface area contributed by atoms with Crippen LogP contribution < -0.4 is 14.8 Å². The molecule has 206 valence electrons. The van der Waals surface area contributed by atoms with E-state index in [0.29, 0.717) is 29.1 Å². The largest absolute Gasteiger partial charge is 0.497 e. The van der Waals surface area contributed by atoms with E-state index in [-0.39, 0.29) is 25.5 Å². The number of aromatic nitrogens is 1. The Labute approximate surface area is 234 Å². The molecule has 2 aliphatic rings. The van der Waals surface area contributed by atoms with Crippen LogP contribution in [0.4, 0.5) is 4.79 Å². The normalized spacial score (nSPS) is 23.5. The van der Waals surface area contributed by atoms with Gasteiger partial charge in [-0.25, -0.2) is 9.78 Å². The number of pyridine rings is 1. The molecule has 1 saturated heterocycles. The van der Waals surface area contributed by atoms with Crippen molar-refractivity contribution in [3.63, 3.8) is 0 Å². The van der Waals surface area contributed by atoms with Gasteiger partial charge in [0.15, 0.2) is 5.81 Å². The Balaban J connectivity index is 1.41. The number of carbonyl (C=O) groups is 3. The van der Waals surface area contributed by atoms with Crippen LogP contribution in [-0.4, -0.2) is 73.4 Å². The third kappa shape index (κ3) is 5.22. The Morgan fingerprint density at radius 3 is 2.55 bits per heavy atom. The van der Waals surface area contributed by atoms with Gasteiger partial charge >= 0.3 is 5.97 Å². The van der Waals surface area contributed by atoms with Gasteiger partial charge < -0.3 is 24.4 Å². The highest BCUT2D eigenvalue weighted by Gasteiger charge is 2.62. The number of nitrogens with zero attached hydrogens (tertiary/aromatic N) is 2. The van der Waals surface area contributed by atoms with E-state index in [1.807, 2.05) is 61.5 Å². The third-order valence-corrected chi connectivity index (χ3v) is 7.77. The SMILES string of the molecule is [B]C(=O)N1C[C@H](Oc2cc(-c3ccccc3)nc3cc(OC)ccc23)C[C@H]1C(=O)N[C@]1(C(=O)OCC)CC1CC. The first-order chi connectivity index (χ1) is 19.3. The maximum absolute atomic E-state index is 13.5. The van der Waals surface area contributed by atoms with E-state index in [9.17, 15) is 14.4 Å². The number of nitrogens with one attached hydrogen (secondary N) is 1. The van der Waals surface area contributed by atoms with Crippen LogP contribution in [0.5, 0.6) is 11.5 Å². The van der Waals surface area contributed by atoms with Crippen LogP contribution in [0, 0.1) is 5.92 Å². The molecule has 5 rings (SSSR count). The molecule has 1 aliphatic heterocycles. The summed E-state index contributed by atoms with van der Waals surface area (Å²) in [7, 11) is 7.28. The Kier molecular flexibility index (Phi) is 7.69. The molecule has 1 N–H and O–H groups in total. The van der Waals surface area contributed by atoms with Gasteiger partial charge in [0, 0.05) is 29.5 Å². The number of carbonyl (C=O) groups excluding carboxylic acids is 3. The maximum Gasteiger partial charge on any atom is 0.332 e. The van der Waals surface area contributed by atoms with Gasteiger partial charge in [-0.3, -0.25) is 9.59 Å². The van der Waals surface area contributed by atoms with Gasteiger partial charge in [-0.1, -0.05) is 43.7 Å². The predicted octanol–water partition coefficient (Wildman–Crippen LogP) is 3.87. The summed E-state index contributed by atoms with van der Waals surface area (Å²) in [5.41, 5.74) is 1.25. The maximum atomic E-state index is 13.5. The molecule has 40 heavy (non-hydrogen) atoms. The molecule has 1 saturated carbocycles. The topological polar surface area (TPSA) is 107 Å². The van der Waals surface area contributed by atoms with Crippen molar-refractivity contribution in [3.8, 4) is 22.8 Å². The smallest absolute Gasteiger partial charge is 0.332 e. The standard InChI is InChI=1S/C30H32BN3O6/c1-4-19-16-30(19,28(36)39-5-2)33-27(35)25-14-21(17-34(25)29(31)37)40-26-15-23(18-9-7-6-8-10-18)32-24-13-20(38-3)11-12-22(24)26/h6-13,15,19,21,25H,4-5,14,16-17H2,1-3H3,(H,33,35)/t19?,21-,25+,30-/m1/s1. The molecule has 4 atom stereocenters. The zero-order valence-electron chi connectivity index (χ0n) is 22.9. The molecular weight excluding hydrogens is 509 g/mol. The molecule has 1 aromatic heterocycles. The van der Waals surface area contributed by atoms with Gasteiger partial charge in [0.1, 0.15) is 29.2 Å². The van der Waals surface area contributed by atoms with Gasteiger partial charge in [-0.2, -0.15) is 0 Å². The van der Waals surface area contributed by atoms with E-state index in [2.05, 4.69) is 5.32 Å². The summed E-state index contributed by atoms with van der Waals surface area (Å²) in [6.45, 7) is 4.03. The van der Waals surface area contributed by atoms with E-state index in [1.54, 1.807) is 14.0 Å². The van der Waals surface area contributed by atoms with Crippen molar-refractivity contribution in [2.24, 2.45) is 5.92 Å². The second-order valence-electron chi connectivity index (χ2n) is 10.2. The van der Waals surface area contributed by atoms with Crippen molar-refractivity contribution in [2.45, 2.75) is 50.8 Å². The summed E-state index contributed by atoms with van der Waals surface area (Å²) in [6, 6.07) is 16.2. The summed E-state index contributed by atoms with van der Waals surface area (Å²) in [5, 5.41) is 3.66. The van der Waals surface area contributed by atoms with E-state index in [4.69, 9.17) is 27.0 Å². The summed E-state index contributed by atoms with van der Waals surface area (Å²) in [5.74, 6) is -0.397. The molecule has 2 aromatic carbocycles. The van der Waals surface area contributed by atoms with Crippen LogP contribution in [0.25, 0.3) is 22.2 Å². The third-order valence-electron chi connectivity index (χ3n) is 7.77. The fourth-order valence-corrected chi connectivity index (χ4v) is 5.55. The van der Waals surface area contributed by atoms with Gasteiger partial charge in [0.05, 0.1) is 31.5 Å². The molecule has 1 unspecified atom stereocenters. The first-order valence-electron chi connectivity index (χ1n) is 13.6. The number of likely N-dealkylation sites (tertiary alicyclic amines) is 1. The second-order valence-corrected chi connectivity index (χ2v) is 10.2. The van der Waals surface area contributed by atoms with E-state index in [1.165, 1.54) is 4.90 Å². The fraction of sp³-hybridized carbons (Fsp3) is 0.400. The Morgan fingerprint density at radius 1 is 1.12 bits per heavy atom. The monoisotopic (exact) mass is 541 g/mol. The summed E-state index contributed by atoms with van der Waals surface area (Å²) in [6.07, 6.45) is 0.926. The van der Waals surface area contributed by atoms with Crippen LogP contribution in [0.1, 0.15) is 33.1 Å². The quantitative estimate of drug-likeness (QED) is 0.324. The molecule has 2 radical (unpaired) electrons. The highest BCUT2D eigenvalue weighted by Crippen LogP contribution is 2.47. The van der Waals surface area contributed by atoms with E-state index < -0.39 is 35.4 Å². The number of hydrogen-bond acceptors (Lipinski definition) is 7. The van der Waals surface area contributed by atoms with Gasteiger partial charge in [-0.15, -0.1) is 0 Å². The summed E-state index contributed by atoms with van der Waals surface area (Å²) in [4.78, 5) is 44.7. The first kappa shape index (κ1) is 27.5. The lowest BCUT2D eigenvalue weighted by Crippen LogP contribution is -2.53. The molecule has 2 fully saturated rings. The number of fused-ring (bicyclic) bond motifs is 1. The van der Waals surface area contributed by atoms with Crippen molar-refractivity contribution < 1.29 is 28.6 Å². The molecule has 2 heterocycles. The number of methoxy groups -OCH3 is 1. The van der Waals surface area contributed by atoms with Gasteiger partial charge in [0.25, 0.3) is 0 Å². The lowest BCUT2D eigenvalue weighted by molar-refractivity contribution is -0.149. The minimum atomic E-state index is -1.06. The number of esters is 1. The van der Waals surface area contributed by atoms with Crippen molar-refractivity contribution >= 4 is 36.4 Å². The predicted molar refractivity (Wildman–Crippen MR) is 150 cm³/mol. The highest BCUT2D eigenvalue weighted by molar-refractivity contribution is 6.57. The number of ether oxygens (including phenoxy) is 3. The van der Waals surface area contributed by atoms with Gasteiger partial charge in [-0.05, 0) is 31.4 Å². The zero-order chi connectivity index (χ0) is 28.4. The molecule has 3 aromatic rings. The number of hydrogen-bond donors (Lipinski definition) is 1. The molecule has 9 nitrogen and oxygen atoms in total. The van der Waals surface area contributed by atoms with Crippen molar-refractivity contribution in [1.82, 2.24) is 15.2 Å². The average Bonchev–Trinajstić information content (AvgIpc) is 3.51. The van der Waals surface area contributed by atoms with Crippen molar-refractivity contribution in [3.05, 3.63) is 54.6 Å². The number of benzene rings is 2. The Bertz CT molecular complexity index is 1430. The number of rotatable bonds is 9. The molecule has 0 bridgehead atoms. The minimum absolute atomic E-state index is 0.0115. The average molecular weight is 541 g/mol. The highest BCUT2D eigenvalue weighted by atomic mass is 16.5. The zero-order valence-corrected chi connectivity index (χ0v) is 22.9. The number of amides is 2. The van der Waals surface area contributed by atoms with Crippen LogP contribution >= 0.6 is 0 Å². The Morgan fingerprint density at radius 2 is 1.90 bits per heavy atom. The first-order valence-corrected chi connectivity index (χ1v) is 13.6. The molecular formula is C30H32BN3O6. The van der Waals surface area contributed by atoms with Crippen LogP contribution in [-0.2, 0) is 14.3 Å². The van der Waals surface area contributed by atoms with Crippen molar-refractivity contribution in [1.29, 1.82) is 0 Å². The molecule has 1 aliphatic carbocycles. The van der Waals surface area contributed by atoms with Crippen LogP contribution in [0.2, 0.25) is 0 Å². The summed E-state index contributed by atoms with van der Waals surface area (Å²) >= 11 is 0. The van der Waals surface area contributed by atoms with Crippen molar-refractivity contribution in [2.75, 3.05) is 20.3 Å². The summed E-state index contributed by atoms with van der Waals surface area (Å²) < 4.78 is 17.1. The van der Waals surface area contributed by atoms with Gasteiger partial charge in [0.2, 0.25) is 13.8 Å².